The van der Waals surface area contributed by atoms with Crippen LogP contribution in [0.2, 0.25) is 0 Å². The lowest BCUT2D eigenvalue weighted by atomic mass is 10.1. The fourth-order valence-electron chi connectivity index (χ4n) is 2.94. The molecule has 1 heterocycles. The number of aryl methyl sites for hydroxylation is 1. The van der Waals surface area contributed by atoms with Crippen LogP contribution >= 0.6 is 0 Å². The minimum atomic E-state index is -4.22. The van der Waals surface area contributed by atoms with Crippen molar-refractivity contribution in [2.75, 3.05) is 26.2 Å². The van der Waals surface area contributed by atoms with E-state index in [1.165, 1.54) is 17.0 Å². The van der Waals surface area contributed by atoms with Crippen LogP contribution in [-0.4, -0.2) is 49.7 Å². The van der Waals surface area contributed by atoms with Gasteiger partial charge in [-0.25, -0.2) is 21.6 Å². The van der Waals surface area contributed by atoms with Gasteiger partial charge in [-0.2, -0.15) is 4.31 Å². The van der Waals surface area contributed by atoms with Crippen LogP contribution in [0.1, 0.15) is 15.9 Å². The largest absolute Gasteiger partial charge is 0.336 e. The number of halogens is 3. The number of hydrogen-bond donors (Lipinski definition) is 0. The molecule has 0 spiro atoms. The van der Waals surface area contributed by atoms with Crippen molar-refractivity contribution in [1.29, 1.82) is 0 Å². The van der Waals surface area contributed by atoms with Crippen molar-refractivity contribution in [1.82, 2.24) is 9.21 Å². The van der Waals surface area contributed by atoms with Crippen molar-refractivity contribution in [2.24, 2.45) is 0 Å². The van der Waals surface area contributed by atoms with E-state index in [0.29, 0.717) is 11.6 Å². The Morgan fingerprint density at radius 3 is 2.19 bits per heavy atom. The van der Waals surface area contributed by atoms with E-state index in [-0.39, 0.29) is 31.7 Å². The summed E-state index contributed by atoms with van der Waals surface area (Å²) in [5.74, 6) is -2.83. The van der Waals surface area contributed by atoms with Gasteiger partial charge in [-0.3, -0.25) is 4.79 Å². The number of sulfonamides is 1. The summed E-state index contributed by atoms with van der Waals surface area (Å²) in [5, 5.41) is 0. The third kappa shape index (κ3) is 3.84. The summed E-state index contributed by atoms with van der Waals surface area (Å²) in [4.78, 5) is 13.3. The number of amides is 1. The van der Waals surface area contributed by atoms with Gasteiger partial charge in [0.1, 0.15) is 22.3 Å². The number of piperazine rings is 1. The summed E-state index contributed by atoms with van der Waals surface area (Å²) in [6.07, 6.45) is 0. The first-order valence-corrected chi connectivity index (χ1v) is 9.65. The van der Waals surface area contributed by atoms with Crippen molar-refractivity contribution < 1.29 is 26.4 Å². The molecule has 0 atom stereocenters. The van der Waals surface area contributed by atoms with E-state index in [4.69, 9.17) is 0 Å². The molecule has 1 saturated heterocycles. The van der Waals surface area contributed by atoms with Gasteiger partial charge in [-0.1, -0.05) is 6.07 Å². The van der Waals surface area contributed by atoms with Crippen molar-refractivity contribution in [3.63, 3.8) is 0 Å². The zero-order valence-corrected chi connectivity index (χ0v) is 15.3. The standard InChI is InChI=1S/C18H17F3N2O3S/c1-12-2-3-13(19)10-15(12)18(24)22-6-8-23(9-7-22)27(25,26)17-11-14(20)4-5-16(17)21/h2-5,10-11H,6-9H2,1H3. The van der Waals surface area contributed by atoms with Gasteiger partial charge in [-0.05, 0) is 42.8 Å². The molecular weight excluding hydrogens is 381 g/mol. The zero-order chi connectivity index (χ0) is 19.8. The van der Waals surface area contributed by atoms with Crippen molar-refractivity contribution in [3.8, 4) is 0 Å². The molecule has 0 saturated carbocycles. The maximum Gasteiger partial charge on any atom is 0.254 e. The van der Waals surface area contributed by atoms with Gasteiger partial charge in [0, 0.05) is 31.7 Å². The Kier molecular flexibility index (Phi) is 5.25. The highest BCUT2D eigenvalue weighted by Gasteiger charge is 2.32. The molecule has 9 heteroatoms. The van der Waals surface area contributed by atoms with Gasteiger partial charge in [-0.15, -0.1) is 0 Å². The molecule has 0 radical (unpaired) electrons. The summed E-state index contributed by atoms with van der Waals surface area (Å²) >= 11 is 0. The second kappa shape index (κ2) is 7.32. The molecule has 1 fully saturated rings. The van der Waals surface area contributed by atoms with Crippen LogP contribution in [0, 0.1) is 24.4 Å². The average molecular weight is 398 g/mol. The molecule has 0 aromatic heterocycles. The van der Waals surface area contributed by atoms with E-state index in [1.54, 1.807) is 6.92 Å². The Bertz CT molecular complexity index is 987. The quantitative estimate of drug-likeness (QED) is 0.799. The molecule has 1 aliphatic heterocycles. The summed E-state index contributed by atoms with van der Waals surface area (Å²) in [6.45, 7) is 1.66. The highest BCUT2D eigenvalue weighted by Crippen LogP contribution is 2.22. The monoisotopic (exact) mass is 398 g/mol. The van der Waals surface area contributed by atoms with E-state index in [2.05, 4.69) is 0 Å². The fourth-order valence-corrected chi connectivity index (χ4v) is 4.44. The number of nitrogens with zero attached hydrogens (tertiary/aromatic N) is 2. The smallest absolute Gasteiger partial charge is 0.254 e. The lowest BCUT2D eigenvalue weighted by Crippen LogP contribution is -2.50. The Balaban J connectivity index is 1.76. The maximum atomic E-state index is 13.9. The molecule has 3 rings (SSSR count). The van der Waals surface area contributed by atoms with Gasteiger partial charge in [0.05, 0.1) is 0 Å². The second-order valence-electron chi connectivity index (χ2n) is 6.23. The molecule has 2 aromatic carbocycles. The van der Waals surface area contributed by atoms with Gasteiger partial charge < -0.3 is 4.90 Å². The van der Waals surface area contributed by atoms with Crippen LogP contribution in [0.5, 0.6) is 0 Å². The maximum absolute atomic E-state index is 13.9. The van der Waals surface area contributed by atoms with Crippen molar-refractivity contribution in [3.05, 3.63) is 65.0 Å². The molecule has 2 aromatic rings. The summed E-state index contributed by atoms with van der Waals surface area (Å²) < 4.78 is 66.8. The van der Waals surface area contributed by atoms with E-state index in [9.17, 15) is 26.4 Å². The number of benzene rings is 2. The van der Waals surface area contributed by atoms with Gasteiger partial charge in [0.25, 0.3) is 5.91 Å². The molecule has 0 N–H and O–H groups in total. The van der Waals surface area contributed by atoms with Gasteiger partial charge in [0.2, 0.25) is 10.0 Å². The normalized spacial score (nSPS) is 15.8. The molecule has 0 bridgehead atoms. The third-order valence-electron chi connectivity index (χ3n) is 4.47. The third-order valence-corrected chi connectivity index (χ3v) is 6.38. The molecule has 5 nitrogen and oxygen atoms in total. The SMILES string of the molecule is Cc1ccc(F)cc1C(=O)N1CCN(S(=O)(=O)c2cc(F)ccc2F)CC1. The van der Waals surface area contributed by atoms with E-state index >= 15 is 0 Å². The Hall–Kier alpha value is -2.39. The Morgan fingerprint density at radius 1 is 0.926 bits per heavy atom. The van der Waals surface area contributed by atoms with E-state index in [0.717, 1.165) is 22.5 Å². The molecule has 144 valence electrons. The first-order valence-electron chi connectivity index (χ1n) is 8.21. The lowest BCUT2D eigenvalue weighted by Gasteiger charge is -2.34. The van der Waals surface area contributed by atoms with E-state index < -0.39 is 38.3 Å². The predicted molar refractivity (Wildman–Crippen MR) is 92.2 cm³/mol. The number of hydrogen-bond acceptors (Lipinski definition) is 3. The first-order chi connectivity index (χ1) is 12.7. The number of carbonyl (C=O) groups excluding carboxylic acids is 1. The van der Waals surface area contributed by atoms with Crippen LogP contribution < -0.4 is 0 Å². The van der Waals surface area contributed by atoms with E-state index in [1.807, 2.05) is 0 Å². The van der Waals surface area contributed by atoms with Crippen LogP contribution in [0.3, 0.4) is 0 Å². The average Bonchev–Trinajstić information content (AvgIpc) is 2.65. The summed E-state index contributed by atoms with van der Waals surface area (Å²) in [5.41, 5.74) is 0.820. The summed E-state index contributed by atoms with van der Waals surface area (Å²) in [7, 11) is -4.22. The topological polar surface area (TPSA) is 57.7 Å². The van der Waals surface area contributed by atoms with Crippen LogP contribution in [0.15, 0.2) is 41.3 Å². The summed E-state index contributed by atoms with van der Waals surface area (Å²) in [6, 6.07) is 6.13. The zero-order valence-electron chi connectivity index (χ0n) is 14.5. The predicted octanol–water partition coefficient (Wildman–Crippen LogP) is 2.56. The molecule has 1 aliphatic rings. The minimum absolute atomic E-state index is 0.0605. The molecule has 0 aliphatic carbocycles. The number of carbonyl (C=O) groups is 1. The van der Waals surface area contributed by atoms with Crippen molar-refractivity contribution in [2.45, 2.75) is 11.8 Å². The number of rotatable bonds is 3. The highest BCUT2D eigenvalue weighted by atomic mass is 32.2. The molecular formula is C18H17F3N2O3S. The first kappa shape index (κ1) is 19.4. The molecule has 0 unspecified atom stereocenters. The minimum Gasteiger partial charge on any atom is -0.336 e. The van der Waals surface area contributed by atoms with Gasteiger partial charge in [0.15, 0.2) is 0 Å². The highest BCUT2D eigenvalue weighted by molar-refractivity contribution is 7.89. The second-order valence-corrected chi connectivity index (χ2v) is 8.14. The van der Waals surface area contributed by atoms with Crippen LogP contribution in [0.4, 0.5) is 13.2 Å². The Morgan fingerprint density at radius 2 is 1.52 bits per heavy atom. The molecule has 1 amide bonds. The van der Waals surface area contributed by atoms with Crippen LogP contribution in [-0.2, 0) is 10.0 Å². The fraction of sp³-hybridized carbons (Fsp3) is 0.278. The molecule has 27 heavy (non-hydrogen) atoms. The Labute approximate surface area is 155 Å². The lowest BCUT2D eigenvalue weighted by molar-refractivity contribution is 0.0696. The van der Waals surface area contributed by atoms with Crippen LogP contribution in [0.25, 0.3) is 0 Å². The van der Waals surface area contributed by atoms with Crippen molar-refractivity contribution >= 4 is 15.9 Å². The van der Waals surface area contributed by atoms with Gasteiger partial charge >= 0.3 is 0 Å².